The zero-order valence-corrected chi connectivity index (χ0v) is 113. The van der Waals surface area contributed by atoms with Crippen molar-refractivity contribution < 1.29 is 134 Å². The first-order valence-corrected chi connectivity index (χ1v) is 54.3. The van der Waals surface area contributed by atoms with Crippen LogP contribution in [0, 0.1) is 62.2 Å². The molecule has 0 aliphatic heterocycles. The Morgan fingerprint density at radius 3 is 0.802 bits per heavy atom. The van der Waals surface area contributed by atoms with Crippen LogP contribution in [0.3, 0.4) is 0 Å². The minimum atomic E-state index is -3.17. The molecular weight excluding hydrogens is 2430 g/mol. The Balaban J connectivity index is -0.000000123. The molecule has 21 atom stereocenters. The van der Waals surface area contributed by atoms with Crippen LogP contribution in [0.1, 0.15) is 271 Å². The number of hydrogen-bond acceptors (Lipinski definition) is 27. The molecule has 6 saturated carbocycles. The van der Waals surface area contributed by atoms with E-state index in [4.69, 9.17) is 82.7 Å². The van der Waals surface area contributed by atoms with E-state index in [0.29, 0.717) is 58.5 Å². The van der Waals surface area contributed by atoms with Crippen molar-refractivity contribution in [1.82, 2.24) is 0 Å². The third-order valence-corrected chi connectivity index (χ3v) is 26.3. The zero-order valence-electron chi connectivity index (χ0n) is 86.6. The van der Waals surface area contributed by atoms with Gasteiger partial charge in [0, 0.05) is 66.4 Å². The monoisotopic (exact) mass is 2600 g/mol. The van der Waals surface area contributed by atoms with E-state index in [1.54, 1.807) is 6.66 Å². The van der Waals surface area contributed by atoms with Crippen LogP contribution in [0.15, 0.2) is 0 Å². The van der Waals surface area contributed by atoms with E-state index in [2.05, 4.69) is 19.3 Å². The van der Waals surface area contributed by atoms with Crippen LogP contribution in [-0.4, -0.2) is 515 Å². The minimum absolute atomic E-state index is 0. The van der Waals surface area contributed by atoms with Gasteiger partial charge >= 0.3 is 339 Å². The van der Waals surface area contributed by atoms with Crippen LogP contribution in [0.5, 0.6) is 0 Å². The van der Waals surface area contributed by atoms with Crippen molar-refractivity contribution in [3.63, 3.8) is 0 Å². The molecule has 0 amide bonds. The molecule has 0 saturated heterocycles. The molecule has 6 aliphatic rings. The first-order chi connectivity index (χ1) is 53.0. The predicted molar refractivity (Wildman–Crippen MR) is 500 cm³/mol. The summed E-state index contributed by atoms with van der Waals surface area (Å²) in [5.41, 5.74) is 0. The molecule has 6 rings (SSSR count). The molecule has 0 aromatic heterocycles. The van der Waals surface area contributed by atoms with Gasteiger partial charge < -0.3 is 132 Å². The Labute approximate surface area is 987 Å². The van der Waals surface area contributed by atoms with E-state index >= 15 is 0 Å². The Morgan fingerprint density at radius 1 is 0.281 bits per heavy atom. The molecule has 0 bridgehead atoms. The molecule has 0 aromatic carbocycles. The quantitative estimate of drug-likeness (QED) is 0.0291. The van der Waals surface area contributed by atoms with E-state index in [1.165, 1.54) is 33.3 Å². The standard InChI is InChI=1S/3C14H28O5P.C14H28O4P.2C13H26O4P.6Ba.6H/c2*1-10(2)17-9-12-6-7-13(15)8-14(12)19-20(5,16)18-11(3)4;1-10(2)17-9-12-7-6-8-13(15)14(12)19-20(5,16)18-11(3)4;1-11(2)16-10-13-8-6-7-9-14(13)18-19(5,15)17-12(3)4;2*1-10(2)15-12-8-6-7-9-13(12)17-18(5,14)16-11(3)4;;;;;;;;;;;;/h2*7,10-15H,6,8-9H2,1-5H3;6,10-15H,7-9H2,1-5H3;6,11-14H,7-10H2,1-5H3;2*7,10-13H,6,8-9H2,1-5H3;;;;;;;;;;;;/q6*-1;6*+2;6*-1. The number of ether oxygens (including phenoxy) is 6. The molecule has 121 heavy (non-hydrogen) atoms. The molecule has 39 heteroatoms. The largest absolute Gasteiger partial charge is 2.00 e. The van der Waals surface area contributed by atoms with E-state index in [9.17, 15) is 42.7 Å². The molecule has 0 spiro atoms. The number of rotatable bonds is 40. The van der Waals surface area contributed by atoms with Gasteiger partial charge in [-0.25, -0.2) is 0 Å². The van der Waals surface area contributed by atoms with E-state index in [1.807, 2.05) is 185 Å². The Bertz CT molecular complexity index is 2780. The summed E-state index contributed by atoms with van der Waals surface area (Å²) in [6.07, 6.45) is 21.3. The van der Waals surface area contributed by atoms with Crippen LogP contribution in [0.2, 0.25) is 0 Å². The van der Waals surface area contributed by atoms with Crippen LogP contribution in [0.25, 0.3) is 0 Å². The second-order valence-corrected chi connectivity index (χ2v) is 46.3. The second kappa shape index (κ2) is 74.8. The van der Waals surface area contributed by atoms with Crippen molar-refractivity contribution in [2.24, 2.45) is 23.7 Å². The molecule has 6 aliphatic carbocycles. The summed E-state index contributed by atoms with van der Waals surface area (Å²) >= 11 is 0. The van der Waals surface area contributed by atoms with Gasteiger partial charge in [-0.2, -0.15) is 51.4 Å². The maximum Gasteiger partial charge on any atom is 2.00 e. The van der Waals surface area contributed by atoms with Crippen molar-refractivity contribution >= 4 is 339 Å². The third-order valence-electron chi connectivity index (χ3n) is 17.6. The molecule has 702 valence electrons. The van der Waals surface area contributed by atoms with Crippen LogP contribution < -0.4 is 0 Å². The van der Waals surface area contributed by atoms with Gasteiger partial charge in [-0.05, 0) is 203 Å². The van der Waals surface area contributed by atoms with Crippen molar-refractivity contribution in [2.75, 3.05) is 66.4 Å². The Kier molecular flexibility index (Phi) is 87.6. The van der Waals surface area contributed by atoms with Gasteiger partial charge in [0.1, 0.15) is 0 Å². The molecule has 3 N–H and O–H groups in total. The summed E-state index contributed by atoms with van der Waals surface area (Å²) in [6.45, 7) is 57.2. The fourth-order valence-electron chi connectivity index (χ4n) is 13.5. The van der Waals surface area contributed by atoms with Gasteiger partial charge in [0.05, 0.1) is 128 Å². The maximum atomic E-state index is 12.3. The van der Waals surface area contributed by atoms with Gasteiger partial charge in [0.2, 0.25) is 0 Å². The van der Waals surface area contributed by atoms with Crippen molar-refractivity contribution in [3.05, 3.63) is 38.5 Å². The molecule has 0 aromatic rings. The van der Waals surface area contributed by atoms with E-state index < -0.39 is 70.0 Å². The molecule has 21 unspecified atom stereocenters. The zero-order chi connectivity index (χ0) is 88.0. The van der Waals surface area contributed by atoms with Crippen LogP contribution in [0.4, 0.5) is 0 Å². The van der Waals surface area contributed by atoms with E-state index in [-0.39, 0.29) is 441 Å². The van der Waals surface area contributed by atoms with Gasteiger partial charge in [0.25, 0.3) is 0 Å². The Morgan fingerprint density at radius 2 is 0.521 bits per heavy atom. The van der Waals surface area contributed by atoms with Crippen LogP contribution in [-0.2, 0) is 110 Å². The molecule has 0 radical (unpaired) electrons. The van der Waals surface area contributed by atoms with Gasteiger partial charge in [-0.15, -0.1) is 12.8 Å². The number of aliphatic hydroxyl groups excluding tert-OH is 3. The van der Waals surface area contributed by atoms with Gasteiger partial charge in [-0.3, -0.25) is 40.2 Å². The second-order valence-electron chi connectivity index (χ2n) is 34.5. The number of hydrogen-bond donors (Lipinski definition) is 3. The molecule has 6 fully saturated rings. The average Bonchev–Trinajstić information content (AvgIpc) is 1.07. The topological polar surface area (TPSA) is 329 Å². The summed E-state index contributed by atoms with van der Waals surface area (Å²) in [5, 5.41) is 29.6. The third kappa shape index (κ3) is 72.8. The first-order valence-electron chi connectivity index (χ1n) is 42.4. The van der Waals surface area contributed by atoms with Gasteiger partial charge in [0.15, 0.2) is 0 Å². The summed E-state index contributed by atoms with van der Waals surface area (Å²) < 4.78 is 174. The summed E-state index contributed by atoms with van der Waals surface area (Å²) in [4.78, 5) is 0. The van der Waals surface area contributed by atoms with E-state index in [0.717, 1.165) is 64.2 Å². The fourth-order valence-corrected chi connectivity index (χ4v) is 22.9. The maximum absolute atomic E-state index is 12.3. The smallest absolute Gasteiger partial charge is 1.00 e. The van der Waals surface area contributed by atoms with Crippen molar-refractivity contribution in [3.8, 4) is 0 Å². The fraction of sp³-hybridized carbons (Fsp3) is 0.927. The minimum Gasteiger partial charge on any atom is -1.00 e. The normalized spacial score (nSPS) is 28.1. The first kappa shape index (κ1) is 142. The Hall–Kier alpha value is 9.97. The van der Waals surface area contributed by atoms with Crippen molar-refractivity contribution in [1.29, 1.82) is 0 Å². The average molecular weight is 2600 g/mol. The number of aliphatic hydroxyl groups is 3. The molecule has 27 nitrogen and oxygen atoms in total. The predicted octanol–water partition coefficient (Wildman–Crippen LogP) is 19.1. The van der Waals surface area contributed by atoms with Crippen LogP contribution >= 0.6 is 45.6 Å². The summed E-state index contributed by atoms with van der Waals surface area (Å²) in [6, 6.07) is 0. The van der Waals surface area contributed by atoms with Gasteiger partial charge in [-0.1, -0.05) is 31.5 Å². The SMILES string of the molecule is CC(C)OC1CC[CH-]CC1OP(C)(=O)OC(C)C.CC(C)OC1CC[CH-]CC1OP(C)(=O)OC(C)C.CC(C)OCC1C[CH-]C(O)CC1OP(C)(=O)OC(C)C.CC(C)OCC1C[CH-]C(O)CC1OP(C)(=O)OC(C)C.CC(C)OCC1C[CH-]CC(O)C1OP(C)(=O)OC(C)C.CC(C)OCC1C[CH-]CCC1OP(C)(=O)OC(C)C.[Ba+2].[Ba+2].[Ba+2].[Ba+2].[Ba+2].[Ba+2].[H-].[H-].[H-].[H-].[H-].[H-]. The molecular formula is C82H170Ba6O27P6. The molecule has 0 heterocycles. The summed E-state index contributed by atoms with van der Waals surface area (Å²) in [5.74, 6) is 0.486. The summed E-state index contributed by atoms with van der Waals surface area (Å²) in [7, 11) is -18.4. The van der Waals surface area contributed by atoms with Crippen molar-refractivity contribution in [2.45, 2.75) is 403 Å².